The number of ether oxygens (including phenoxy) is 9. The van der Waals surface area contributed by atoms with Gasteiger partial charge in [0.1, 0.15) is 46.6 Å². The quantitative estimate of drug-likeness (QED) is 0.0199. The highest BCUT2D eigenvalue weighted by molar-refractivity contribution is 6.62. The van der Waals surface area contributed by atoms with E-state index in [4.69, 9.17) is 65.6 Å². The molecule has 0 radical (unpaired) electrons. The fourth-order valence-corrected chi connectivity index (χ4v) is 11.9. The molecule has 652 valence electrons. The van der Waals surface area contributed by atoms with E-state index in [0.29, 0.717) is 94.3 Å². The van der Waals surface area contributed by atoms with Crippen LogP contribution in [0.15, 0.2) is 225 Å². The van der Waals surface area contributed by atoms with E-state index in [9.17, 15) is 59.4 Å². The van der Waals surface area contributed by atoms with Gasteiger partial charge in [0.15, 0.2) is 0 Å². The summed E-state index contributed by atoms with van der Waals surface area (Å²) in [4.78, 5) is 55.6. The van der Waals surface area contributed by atoms with E-state index in [2.05, 4.69) is 64.4 Å². The van der Waals surface area contributed by atoms with Crippen LogP contribution >= 0.6 is 70.4 Å². The fourth-order valence-electron chi connectivity index (χ4n) is 11.1. The van der Waals surface area contributed by atoms with E-state index in [-0.39, 0.29) is 60.0 Å². The summed E-state index contributed by atoms with van der Waals surface area (Å²) in [7, 11) is 4.56. The minimum atomic E-state index is -2.95. The highest BCUT2D eigenvalue weighted by atomic mass is 35.5. The number of alkyl halides is 8. The van der Waals surface area contributed by atoms with E-state index in [0.717, 1.165) is 27.7 Å². The van der Waals surface area contributed by atoms with Crippen molar-refractivity contribution < 1.29 is 116 Å². The van der Waals surface area contributed by atoms with Gasteiger partial charge in [-0.15, -0.1) is 12.4 Å². The summed E-state index contributed by atoms with van der Waals surface area (Å²) in [5.74, 6) is -0.751. The van der Waals surface area contributed by atoms with Crippen LogP contribution in [0.1, 0.15) is 102 Å². The lowest BCUT2D eigenvalue weighted by atomic mass is 9.80. The van der Waals surface area contributed by atoms with Crippen LogP contribution in [0.3, 0.4) is 0 Å². The minimum absolute atomic E-state index is 0. The van der Waals surface area contributed by atoms with Crippen molar-refractivity contribution in [2.45, 2.75) is 111 Å². The Balaban J connectivity index is 0.000000236. The van der Waals surface area contributed by atoms with Crippen molar-refractivity contribution in [2.75, 3.05) is 28.4 Å². The number of benzene rings is 8. The third-order valence-corrected chi connectivity index (χ3v) is 18.7. The Hall–Kier alpha value is -10.8. The summed E-state index contributed by atoms with van der Waals surface area (Å²) in [6, 6.07) is 56.9. The minimum Gasteiger partial charge on any atom is -0.464 e. The van der Waals surface area contributed by atoms with Crippen molar-refractivity contribution in [3.05, 3.63) is 295 Å². The van der Waals surface area contributed by atoms with Crippen LogP contribution in [-0.4, -0.2) is 122 Å². The van der Waals surface area contributed by atoms with Crippen LogP contribution in [0.5, 0.6) is 23.0 Å². The number of aliphatic hydroxyl groups excluding tert-OH is 1. The molecule has 12 rings (SSSR count). The number of hydrogen-bond acceptors (Lipinski definition) is 20. The Labute approximate surface area is 735 Å². The molecule has 0 spiro atoms. The number of aliphatic hydroxyl groups is 2. The molecule has 4 heterocycles. The van der Waals surface area contributed by atoms with Gasteiger partial charge in [-0.3, -0.25) is 4.98 Å². The highest BCUT2D eigenvalue weighted by Crippen LogP contribution is 2.40. The molecule has 0 saturated carbocycles. The zero-order valence-corrected chi connectivity index (χ0v) is 71.9. The van der Waals surface area contributed by atoms with Gasteiger partial charge in [0, 0.05) is 78.0 Å². The predicted octanol–water partition coefficient (Wildman–Crippen LogP) is 22.8. The van der Waals surface area contributed by atoms with Gasteiger partial charge >= 0.3 is 57.1 Å². The maximum atomic E-state index is 12.8. The van der Waals surface area contributed by atoms with Crippen LogP contribution in [0.2, 0.25) is 20.1 Å². The molecule has 0 unspecified atom stereocenters. The molecular weight excluding hydrogens is 1750 g/mol. The first-order valence-corrected chi connectivity index (χ1v) is 38.2. The maximum absolute atomic E-state index is 12.8. The molecule has 1 fully saturated rings. The fraction of sp³-hybridized carbons (Fsp3) is 0.239. The molecule has 11 aromatic rings. The second kappa shape index (κ2) is 48.3. The SMILES string of the molecule is CC(C)(O)c1ccc(Cc2ccc(OC(F)F)c(-c3cccc(Cl)c3)c2)cn1.COC(=O)Cl.COC(=O)OCc1ccc(OC(F)F)c(-c2cccc(Cl)c2)c1.COC(=O)c1ccc(B2OC(C)(C)C(C)(C)O2)cn1.COC(=O)c1ccc(Cc2ccc(OC(F)F)c(-c3cccc(Cl)c3)c2)cn1.Cl.OCc1ccc(OC(F)F)c(-c2cccc(Cl)c2)c1. The smallest absolute Gasteiger partial charge is 0.464 e. The van der Waals surface area contributed by atoms with Crippen molar-refractivity contribution in [1.29, 1.82) is 0 Å². The van der Waals surface area contributed by atoms with Crippen LogP contribution in [-0.2, 0) is 64.6 Å². The average molecular weight is 1830 g/mol. The molecule has 0 atom stereocenters. The van der Waals surface area contributed by atoms with E-state index in [1.165, 1.54) is 64.8 Å². The van der Waals surface area contributed by atoms with Gasteiger partial charge in [-0.05, 0) is 225 Å². The zero-order valence-electron chi connectivity index (χ0n) is 67.3. The average Bonchev–Trinajstić information content (AvgIpc) is 1.63. The molecule has 0 bridgehead atoms. The van der Waals surface area contributed by atoms with E-state index in [1.807, 2.05) is 39.8 Å². The van der Waals surface area contributed by atoms with Gasteiger partial charge in [0.05, 0.1) is 51.9 Å². The lowest BCUT2D eigenvalue weighted by Gasteiger charge is -2.32. The first kappa shape index (κ1) is 101. The lowest BCUT2D eigenvalue weighted by Crippen LogP contribution is -2.41. The lowest BCUT2D eigenvalue weighted by molar-refractivity contribution is -0.0501. The Morgan fingerprint density at radius 1 is 0.431 bits per heavy atom. The molecule has 3 aromatic heterocycles. The van der Waals surface area contributed by atoms with Crippen LogP contribution in [0.4, 0.5) is 44.7 Å². The van der Waals surface area contributed by atoms with Crippen molar-refractivity contribution >= 4 is 107 Å². The number of rotatable bonds is 23. The third kappa shape index (κ3) is 32.1. The number of esters is 2. The number of methoxy groups -OCH3 is 4. The molecule has 1 aliphatic heterocycles. The summed E-state index contributed by atoms with van der Waals surface area (Å²) in [6.45, 7) is -0.636. The largest absolute Gasteiger partial charge is 0.508 e. The maximum Gasteiger partial charge on any atom is 0.508 e. The Morgan fingerprint density at radius 3 is 1.05 bits per heavy atom. The molecule has 123 heavy (non-hydrogen) atoms. The number of carbonyl (C=O) groups is 4. The standard InChI is InChI=1S/C22H20ClF2NO2.C21H16ClF2NO3.C16H13ClF2O4.C14H11ClF2O2.C13H18BNO4.C2H3ClO2.ClH/c1-22(2,27)20-9-7-15(13-26-20)10-14-6-8-19(28-21(24)25)18(11-14)16-4-3-5-17(23)12-16;1-27-20(26)18-7-5-14(12-25-18)9-13-6-8-19(28-21(23)24)17(10-13)15-3-2-4-16(22)11-15;1-21-16(20)22-9-10-5-6-14(23-15(18)19)13(7-10)11-3-2-4-12(17)8-11;15-11-3-1-2-10(7-11)12-6-9(8-18)4-5-13(12)19-14(16)17;1-12(2)13(3,4)19-14(18-12)9-6-7-10(15-8-9)11(16)17-5;1-5-2(3)4;/h3-9,11-13,21,27H,10H2,1-2H3;2-8,10-12,21H,9H2,1H3;2-8,15H,9H2,1H3;1-7,14,18H,8H2;6-8H,1-5H3;1H3;1H. The Morgan fingerprint density at radius 2 is 0.756 bits per heavy atom. The van der Waals surface area contributed by atoms with Gasteiger partial charge in [0.2, 0.25) is 0 Å². The van der Waals surface area contributed by atoms with Crippen LogP contribution in [0.25, 0.3) is 44.5 Å². The number of hydrogen-bond donors (Lipinski definition) is 2. The number of pyridine rings is 3. The van der Waals surface area contributed by atoms with E-state index in [1.54, 1.807) is 190 Å². The van der Waals surface area contributed by atoms with E-state index < -0.39 is 73.9 Å². The number of carbonyl (C=O) groups excluding carboxylic acids is 4. The third-order valence-electron chi connectivity index (χ3n) is 17.6. The molecule has 0 amide bonds. The van der Waals surface area contributed by atoms with Gasteiger partial charge in [-0.2, -0.15) is 35.1 Å². The summed E-state index contributed by atoms with van der Waals surface area (Å²) in [5, 5.41) is 21.1. The van der Waals surface area contributed by atoms with Crippen molar-refractivity contribution in [3.8, 4) is 67.5 Å². The van der Waals surface area contributed by atoms with Gasteiger partial charge in [-0.25, -0.2) is 29.1 Å². The number of aromatic nitrogens is 3. The molecule has 0 aliphatic carbocycles. The van der Waals surface area contributed by atoms with Crippen LogP contribution in [0, 0.1) is 0 Å². The van der Waals surface area contributed by atoms with Crippen molar-refractivity contribution in [2.24, 2.45) is 0 Å². The summed E-state index contributed by atoms with van der Waals surface area (Å²) in [5.41, 5.74) is 8.61. The topological polar surface area (TPSA) is 249 Å². The highest BCUT2D eigenvalue weighted by Gasteiger charge is 2.52. The van der Waals surface area contributed by atoms with Gasteiger partial charge in [-0.1, -0.05) is 137 Å². The second-order valence-corrected chi connectivity index (χ2v) is 29.3. The first-order valence-electron chi connectivity index (χ1n) is 36.3. The second-order valence-electron chi connectivity index (χ2n) is 27.3. The molecule has 1 aliphatic rings. The summed E-state index contributed by atoms with van der Waals surface area (Å²) < 4.78 is 154. The summed E-state index contributed by atoms with van der Waals surface area (Å²) in [6.07, 6.45) is 5.08. The predicted molar refractivity (Wildman–Crippen MR) is 455 cm³/mol. The number of nitrogens with zero attached hydrogens (tertiary/aromatic N) is 3. The molecule has 20 nitrogen and oxygen atoms in total. The first-order chi connectivity index (χ1) is 57.8. The van der Waals surface area contributed by atoms with Gasteiger partial charge < -0.3 is 62.2 Å². The van der Waals surface area contributed by atoms with Crippen LogP contribution < -0.4 is 24.4 Å². The number of halogens is 14. The monoisotopic (exact) mass is 1830 g/mol. The molecule has 2 N–H and O–H groups in total. The van der Waals surface area contributed by atoms with Crippen molar-refractivity contribution in [1.82, 2.24) is 15.0 Å². The molecular formula is C88H82BCl6F8N3O17. The Kier molecular flexibility index (Phi) is 39.6. The molecule has 1 saturated heterocycles. The normalized spacial score (nSPS) is 12.2. The zero-order chi connectivity index (χ0) is 89.6. The Bertz CT molecular complexity index is 5270. The summed E-state index contributed by atoms with van der Waals surface area (Å²) >= 11 is 28.5. The van der Waals surface area contributed by atoms with E-state index >= 15 is 0 Å². The van der Waals surface area contributed by atoms with Gasteiger partial charge in [0.25, 0.3) is 0 Å². The molecule has 35 heteroatoms. The van der Waals surface area contributed by atoms with Crippen molar-refractivity contribution in [3.63, 3.8) is 0 Å². The molecule has 8 aromatic carbocycles.